The summed E-state index contributed by atoms with van der Waals surface area (Å²) in [5.74, 6) is -0.740. The lowest BCUT2D eigenvalue weighted by molar-refractivity contribution is -0.121. The monoisotopic (exact) mass is 329 g/mol. The van der Waals surface area contributed by atoms with Gasteiger partial charge in [0.25, 0.3) is 0 Å². The van der Waals surface area contributed by atoms with Gasteiger partial charge in [0.05, 0.1) is 6.61 Å². The molecule has 1 aromatic rings. The van der Waals surface area contributed by atoms with E-state index in [4.69, 9.17) is 21.4 Å². The Morgan fingerprint density at radius 3 is 2.82 bits per heavy atom. The zero-order valence-electron chi connectivity index (χ0n) is 12.8. The van der Waals surface area contributed by atoms with Gasteiger partial charge in [-0.25, -0.2) is 4.39 Å². The van der Waals surface area contributed by atoms with Crippen LogP contribution in [0.25, 0.3) is 5.57 Å². The number of aliphatic hydroxyl groups excluding tert-OH is 1. The Morgan fingerprint density at radius 1 is 1.55 bits per heavy atom. The van der Waals surface area contributed by atoms with Gasteiger partial charge in [0.15, 0.2) is 5.82 Å². The molecule has 1 aromatic carbocycles. The summed E-state index contributed by atoms with van der Waals surface area (Å²) >= 11 is 5.98. The van der Waals surface area contributed by atoms with E-state index in [-0.39, 0.29) is 47.8 Å². The number of hydrogen-bond acceptors (Lipinski definition) is 3. The first-order valence-electron chi connectivity index (χ1n) is 7.03. The summed E-state index contributed by atoms with van der Waals surface area (Å²) in [6.07, 6.45) is 0.663. The molecule has 0 saturated heterocycles. The molecule has 22 heavy (non-hydrogen) atoms. The molecule has 0 radical (unpaired) electrons. The fourth-order valence-electron chi connectivity index (χ4n) is 1.91. The molecule has 1 amide bonds. The lowest BCUT2D eigenvalue weighted by Crippen LogP contribution is -2.20. The van der Waals surface area contributed by atoms with Gasteiger partial charge < -0.3 is 15.2 Å². The number of ether oxygens (including phenoxy) is 1. The van der Waals surface area contributed by atoms with E-state index < -0.39 is 5.82 Å². The van der Waals surface area contributed by atoms with Crippen molar-refractivity contribution < 1.29 is 19.0 Å². The smallest absolute Gasteiger partial charge is 0.220 e. The van der Waals surface area contributed by atoms with Gasteiger partial charge >= 0.3 is 0 Å². The minimum atomic E-state index is -0.614. The van der Waals surface area contributed by atoms with Crippen molar-refractivity contribution in [3.05, 3.63) is 35.1 Å². The van der Waals surface area contributed by atoms with Crippen LogP contribution in [0.1, 0.15) is 25.3 Å². The van der Waals surface area contributed by atoms with E-state index in [1.807, 2.05) is 0 Å². The Balaban J connectivity index is 2.90. The standard InChI is InChI=1S/C16H21ClFNO3/c1-10(9-14(21)19-3)11(2)12-5-6-13(15(17)16(12)18)22-8-4-7-20/h5-6,10,20H,2,4,7-9H2,1,3H3,(H,19,21)/t10-/m0/s1. The molecule has 2 N–H and O–H groups in total. The molecule has 4 nitrogen and oxygen atoms in total. The number of hydrogen-bond donors (Lipinski definition) is 2. The fraction of sp³-hybridized carbons (Fsp3) is 0.438. The Hall–Kier alpha value is -1.59. The molecule has 0 aliphatic heterocycles. The number of allylic oxidation sites excluding steroid dienone is 1. The number of amides is 1. The molecule has 1 atom stereocenters. The van der Waals surface area contributed by atoms with Gasteiger partial charge in [-0.1, -0.05) is 25.1 Å². The summed E-state index contributed by atoms with van der Waals surface area (Å²) in [7, 11) is 1.55. The molecule has 0 spiro atoms. The van der Waals surface area contributed by atoms with Gasteiger partial charge in [0.1, 0.15) is 10.8 Å². The lowest BCUT2D eigenvalue weighted by Gasteiger charge is -2.17. The number of rotatable bonds is 8. The number of halogens is 2. The maximum atomic E-state index is 14.4. The summed E-state index contributed by atoms with van der Waals surface area (Å²) in [4.78, 5) is 11.4. The average Bonchev–Trinajstić information content (AvgIpc) is 2.51. The minimum absolute atomic E-state index is 0.00794. The van der Waals surface area contributed by atoms with Crippen LogP contribution in [0.5, 0.6) is 5.75 Å². The van der Waals surface area contributed by atoms with Crippen LogP contribution in [-0.4, -0.2) is 31.3 Å². The number of benzene rings is 1. The lowest BCUT2D eigenvalue weighted by atomic mass is 9.92. The van der Waals surface area contributed by atoms with Gasteiger partial charge in [0, 0.05) is 32.1 Å². The predicted molar refractivity (Wildman–Crippen MR) is 85.5 cm³/mol. The van der Waals surface area contributed by atoms with Gasteiger partial charge in [-0.05, 0) is 23.6 Å². The van der Waals surface area contributed by atoms with E-state index in [9.17, 15) is 9.18 Å². The van der Waals surface area contributed by atoms with E-state index in [0.717, 1.165) is 0 Å². The van der Waals surface area contributed by atoms with Crippen LogP contribution in [-0.2, 0) is 4.79 Å². The van der Waals surface area contributed by atoms with E-state index in [1.54, 1.807) is 20.0 Å². The Bertz CT molecular complexity index is 548. The second-order valence-electron chi connectivity index (χ2n) is 4.97. The predicted octanol–water partition coefficient (Wildman–Crippen LogP) is 3.03. The van der Waals surface area contributed by atoms with Crippen molar-refractivity contribution in [2.45, 2.75) is 19.8 Å². The Labute approximate surface area is 134 Å². The maximum absolute atomic E-state index is 14.4. The summed E-state index contributed by atoms with van der Waals surface area (Å²) in [5.41, 5.74) is 0.779. The molecular weight excluding hydrogens is 309 g/mol. The first-order chi connectivity index (χ1) is 10.4. The molecular formula is C16H21ClFNO3. The third-order valence-electron chi connectivity index (χ3n) is 3.32. The molecule has 0 unspecified atom stereocenters. The zero-order chi connectivity index (χ0) is 16.7. The molecule has 122 valence electrons. The maximum Gasteiger partial charge on any atom is 0.220 e. The minimum Gasteiger partial charge on any atom is -0.492 e. The molecule has 0 aromatic heterocycles. The van der Waals surface area contributed by atoms with Crippen LogP contribution in [0.15, 0.2) is 18.7 Å². The molecule has 0 fully saturated rings. The van der Waals surface area contributed by atoms with Crippen LogP contribution in [0.3, 0.4) is 0 Å². The van der Waals surface area contributed by atoms with Gasteiger partial charge in [-0.2, -0.15) is 0 Å². The molecule has 1 rings (SSSR count). The van der Waals surface area contributed by atoms with Crippen LogP contribution in [0, 0.1) is 11.7 Å². The summed E-state index contributed by atoms with van der Waals surface area (Å²) in [5, 5.41) is 11.1. The van der Waals surface area contributed by atoms with Crippen LogP contribution >= 0.6 is 11.6 Å². The van der Waals surface area contributed by atoms with Crippen LogP contribution < -0.4 is 10.1 Å². The first kappa shape index (κ1) is 18.5. The summed E-state index contributed by atoms with van der Waals surface area (Å²) in [6.45, 7) is 5.91. The van der Waals surface area contributed by atoms with E-state index in [1.165, 1.54) is 6.07 Å². The largest absolute Gasteiger partial charge is 0.492 e. The second-order valence-corrected chi connectivity index (χ2v) is 5.35. The molecule has 0 heterocycles. The van der Waals surface area contributed by atoms with Crippen molar-refractivity contribution in [2.24, 2.45) is 5.92 Å². The number of aliphatic hydroxyl groups is 1. The van der Waals surface area contributed by atoms with Crippen LogP contribution in [0.2, 0.25) is 5.02 Å². The average molecular weight is 330 g/mol. The highest BCUT2D eigenvalue weighted by molar-refractivity contribution is 6.32. The number of carbonyl (C=O) groups excluding carboxylic acids is 1. The highest BCUT2D eigenvalue weighted by Crippen LogP contribution is 2.35. The second kappa shape index (κ2) is 8.76. The van der Waals surface area contributed by atoms with Crippen LogP contribution in [0.4, 0.5) is 4.39 Å². The van der Waals surface area contributed by atoms with Gasteiger partial charge in [0.2, 0.25) is 5.91 Å². The van der Waals surface area contributed by atoms with Crippen molar-refractivity contribution >= 4 is 23.1 Å². The zero-order valence-corrected chi connectivity index (χ0v) is 13.5. The van der Waals surface area contributed by atoms with Crippen molar-refractivity contribution in [3.8, 4) is 5.75 Å². The van der Waals surface area contributed by atoms with Crippen molar-refractivity contribution in [1.82, 2.24) is 5.32 Å². The van der Waals surface area contributed by atoms with E-state index in [2.05, 4.69) is 11.9 Å². The van der Waals surface area contributed by atoms with Crippen molar-refractivity contribution in [3.63, 3.8) is 0 Å². The van der Waals surface area contributed by atoms with Crippen molar-refractivity contribution in [1.29, 1.82) is 0 Å². The summed E-state index contributed by atoms with van der Waals surface area (Å²) < 4.78 is 19.7. The third kappa shape index (κ3) is 4.71. The van der Waals surface area contributed by atoms with E-state index in [0.29, 0.717) is 12.0 Å². The van der Waals surface area contributed by atoms with Crippen molar-refractivity contribution in [2.75, 3.05) is 20.3 Å². The molecule has 0 aliphatic carbocycles. The Morgan fingerprint density at radius 2 is 2.23 bits per heavy atom. The topological polar surface area (TPSA) is 58.6 Å². The number of carbonyl (C=O) groups is 1. The Kier molecular flexibility index (Phi) is 7.35. The normalized spacial score (nSPS) is 11.9. The fourth-order valence-corrected chi connectivity index (χ4v) is 2.13. The highest BCUT2D eigenvalue weighted by Gasteiger charge is 2.19. The first-order valence-corrected chi connectivity index (χ1v) is 7.41. The van der Waals surface area contributed by atoms with Gasteiger partial charge in [-0.15, -0.1) is 0 Å². The third-order valence-corrected chi connectivity index (χ3v) is 3.67. The number of nitrogens with one attached hydrogen (secondary N) is 1. The molecule has 0 aliphatic rings. The highest BCUT2D eigenvalue weighted by atomic mass is 35.5. The molecule has 6 heteroatoms. The SMILES string of the molecule is C=C(c1ccc(OCCCO)c(Cl)c1F)[C@@H](C)CC(=O)NC. The van der Waals surface area contributed by atoms with E-state index >= 15 is 0 Å². The molecule has 0 bridgehead atoms. The quantitative estimate of drug-likeness (QED) is 0.721. The molecule has 0 saturated carbocycles. The van der Waals surface area contributed by atoms with Gasteiger partial charge in [-0.3, -0.25) is 4.79 Å². The summed E-state index contributed by atoms with van der Waals surface area (Å²) in [6, 6.07) is 3.11.